The number of aliphatic carboxylic acids is 1. The van der Waals surface area contributed by atoms with Crippen LogP contribution in [0.15, 0.2) is 11.6 Å². The smallest absolute Gasteiger partial charge is 0.335 e. The molecule has 0 spiro atoms. The number of carboxylic acids is 1. The van der Waals surface area contributed by atoms with Crippen LogP contribution >= 0.6 is 0 Å². The molecule has 0 aromatic heterocycles. The van der Waals surface area contributed by atoms with Crippen molar-refractivity contribution in [1.29, 1.82) is 0 Å². The molecule has 44 atom stereocenters. The largest absolute Gasteiger partial charge is 0.479 e. The molecule has 7 aliphatic heterocycles. The SMILES string of the molecule is CC1(C)CCC2(C(=O)OC3OC(COC4OC(COC5OC(COC6OC(CO)C(O)C(O)C6O)C(O)C(O)C5O)C(OC5OC(CO)C(O)C(O)C5O)C(O)C4O)C(O)C(O)C3O)CCC3(C)C(=CCC4C5(C)CCC(OC6OC(C(=O)O)C(OC7OC(CO)C(O)C(O)C7O)C(O)C6O)C(C)(CO)C5CCC43C)C2C1. The Morgan fingerprint density at radius 3 is 1.31 bits per heavy atom. The van der Waals surface area contributed by atoms with Gasteiger partial charge in [-0.3, -0.25) is 4.79 Å². The van der Waals surface area contributed by atoms with Gasteiger partial charge in [-0.15, -0.1) is 0 Å². The lowest BCUT2D eigenvalue weighted by Crippen LogP contribution is -2.68. The Hall–Kier alpha value is -2.76. The normalized spacial score (nSPS) is 53.8. The number of carboxylic acid groups (broad SMARTS) is 1. The second kappa shape index (κ2) is 34.0. The molecule has 0 aromatic rings. The third-order valence-electron chi connectivity index (χ3n) is 27.8. The number of esters is 1. The van der Waals surface area contributed by atoms with Gasteiger partial charge >= 0.3 is 11.9 Å². The van der Waals surface area contributed by atoms with Crippen LogP contribution in [-0.4, -0.2) is 402 Å². The van der Waals surface area contributed by atoms with Crippen LogP contribution in [-0.2, 0) is 75.9 Å². The highest BCUT2D eigenvalue weighted by atomic mass is 16.8. The van der Waals surface area contributed by atoms with Gasteiger partial charge in [0.2, 0.25) is 6.29 Å². The van der Waals surface area contributed by atoms with Gasteiger partial charge in [-0.25, -0.2) is 4.79 Å². The number of hydrogen-bond acceptors (Lipinski definition) is 39. The maximum Gasteiger partial charge on any atom is 0.335 e. The Kier molecular flexibility index (Phi) is 26.9. The standard InChI is InChI=1S/C72H116O40/c1-67(2)13-15-72(16-14-70(5)25(26(72)17-67)7-8-34-68(3)11-10-35(69(4,24-76)33(68)9-12-71(34,70)6)108-65-54(95)47(88)56(57(111-65)58(96)97)110-63-51(92)43(84)38(79)29(20-75)104-63)66(98)112-64-52(93)45(86)40(81)31(106-64)22-100-61-53(94)46(87)55(109-62-50(91)42(83)37(78)28(19-74)103-62)32(107-61)23-101-60-49(90)44(85)39(80)30(105-60)21-99-59-48(89)41(82)36(77)27(18-73)102-59/h7,26-57,59-65,73-95H,8-24H2,1-6H3,(H,96,97). The van der Waals surface area contributed by atoms with Crippen molar-refractivity contribution in [3.8, 4) is 0 Å². The topological polar surface area (TPSA) is 649 Å². The predicted octanol–water partition coefficient (Wildman–Crippen LogP) is -9.50. The van der Waals surface area contributed by atoms with Gasteiger partial charge in [0.05, 0.1) is 57.8 Å². The van der Waals surface area contributed by atoms with Crippen LogP contribution in [0.2, 0.25) is 0 Å². The van der Waals surface area contributed by atoms with E-state index >= 15 is 4.79 Å². The Bertz CT molecular complexity index is 3210. The fourth-order valence-corrected chi connectivity index (χ4v) is 20.7. The first kappa shape index (κ1) is 88.5. The Morgan fingerprint density at radius 2 is 0.812 bits per heavy atom. The second-order valence-electron chi connectivity index (χ2n) is 34.7. The van der Waals surface area contributed by atoms with Crippen molar-refractivity contribution >= 4 is 11.9 Å². The molecule has 0 bridgehead atoms. The molecule has 4 saturated carbocycles. The lowest BCUT2D eigenvalue weighted by Gasteiger charge is -2.71. The van der Waals surface area contributed by atoms with Crippen LogP contribution in [0.3, 0.4) is 0 Å². The molecule has 12 rings (SSSR count). The molecule has 44 unspecified atom stereocenters. The van der Waals surface area contributed by atoms with Crippen LogP contribution < -0.4 is 0 Å². The van der Waals surface area contributed by atoms with Crippen molar-refractivity contribution in [3.05, 3.63) is 11.6 Å². The highest BCUT2D eigenvalue weighted by Crippen LogP contribution is 2.76. The van der Waals surface area contributed by atoms with E-state index in [9.17, 15) is 127 Å². The molecule has 0 radical (unpaired) electrons. The average Bonchev–Trinajstić information content (AvgIpc) is 0.673. The molecule has 40 nitrogen and oxygen atoms in total. The number of carbonyl (C=O) groups is 2. The van der Waals surface area contributed by atoms with Crippen molar-refractivity contribution < 1.29 is 198 Å². The zero-order valence-electron chi connectivity index (χ0n) is 62.9. The van der Waals surface area contributed by atoms with Crippen LogP contribution in [0.1, 0.15) is 106 Å². The van der Waals surface area contributed by atoms with Crippen molar-refractivity contribution in [3.63, 3.8) is 0 Å². The minimum Gasteiger partial charge on any atom is -0.479 e. The molecular formula is C72H116O40. The van der Waals surface area contributed by atoms with Crippen LogP contribution in [0, 0.1) is 50.2 Å². The molecule has 5 aliphatic carbocycles. The first-order valence-electron chi connectivity index (χ1n) is 38.5. The Morgan fingerprint density at radius 1 is 0.411 bits per heavy atom. The average molecular weight is 1620 g/mol. The van der Waals surface area contributed by atoms with Gasteiger partial charge in [-0.2, -0.15) is 0 Å². The first-order chi connectivity index (χ1) is 52.6. The second-order valence-corrected chi connectivity index (χ2v) is 34.7. The zero-order valence-corrected chi connectivity index (χ0v) is 62.9. The van der Waals surface area contributed by atoms with E-state index in [1.54, 1.807) is 0 Å². The fraction of sp³-hybridized carbons (Fsp3) is 0.944. The highest BCUT2D eigenvalue weighted by Gasteiger charge is 2.71. The number of hydrogen-bond donors (Lipinski definition) is 24. The summed E-state index contributed by atoms with van der Waals surface area (Å²) < 4.78 is 81.7. The van der Waals surface area contributed by atoms with Gasteiger partial charge in [-0.1, -0.05) is 53.2 Å². The maximum absolute atomic E-state index is 15.5. The first-order valence-corrected chi connectivity index (χ1v) is 38.5. The summed E-state index contributed by atoms with van der Waals surface area (Å²) in [4.78, 5) is 28.3. The van der Waals surface area contributed by atoms with Crippen molar-refractivity contribution in [1.82, 2.24) is 0 Å². The number of ether oxygens (including phenoxy) is 14. The van der Waals surface area contributed by atoms with Crippen molar-refractivity contribution in [2.75, 3.05) is 46.2 Å². The van der Waals surface area contributed by atoms with Gasteiger partial charge < -0.3 is 189 Å². The number of fused-ring (bicyclic) bond motifs is 7. The number of aliphatic hydroxyl groups is 23. The molecule has 12 aliphatic rings. The van der Waals surface area contributed by atoms with Gasteiger partial charge in [-0.05, 0) is 104 Å². The van der Waals surface area contributed by atoms with Crippen LogP contribution in [0.4, 0.5) is 0 Å². The maximum atomic E-state index is 15.5. The minimum atomic E-state index is -2.18. The molecule has 40 heteroatoms. The molecule has 7 saturated heterocycles. The minimum absolute atomic E-state index is 0.0346. The van der Waals surface area contributed by atoms with E-state index in [0.29, 0.717) is 57.8 Å². The lowest BCUT2D eigenvalue weighted by molar-refractivity contribution is -0.372. The molecule has 0 amide bonds. The van der Waals surface area contributed by atoms with E-state index in [2.05, 4.69) is 40.7 Å². The zero-order chi connectivity index (χ0) is 81.9. The molecule has 112 heavy (non-hydrogen) atoms. The van der Waals surface area contributed by atoms with E-state index in [4.69, 9.17) is 66.3 Å². The van der Waals surface area contributed by atoms with Gasteiger partial charge in [0, 0.05) is 5.41 Å². The van der Waals surface area contributed by atoms with Gasteiger partial charge in [0.15, 0.2) is 43.8 Å². The quantitative estimate of drug-likeness (QED) is 0.0272. The third kappa shape index (κ3) is 15.6. The van der Waals surface area contributed by atoms with Gasteiger partial charge in [0.1, 0.15) is 165 Å². The third-order valence-corrected chi connectivity index (χ3v) is 27.8. The molecule has 644 valence electrons. The predicted molar refractivity (Wildman–Crippen MR) is 363 cm³/mol. The molecule has 11 fully saturated rings. The fourth-order valence-electron chi connectivity index (χ4n) is 20.7. The summed E-state index contributed by atoms with van der Waals surface area (Å²) in [7, 11) is 0. The number of carbonyl (C=O) groups excluding carboxylic acids is 1. The number of rotatable bonds is 22. The van der Waals surface area contributed by atoms with E-state index in [1.807, 2.05) is 6.92 Å². The number of aliphatic hydroxyl groups excluding tert-OH is 23. The number of allylic oxidation sites excluding steroid dienone is 2. The summed E-state index contributed by atoms with van der Waals surface area (Å²) in [5.41, 5.74) is -3.02. The summed E-state index contributed by atoms with van der Waals surface area (Å²) in [6.45, 7) is 7.28. The van der Waals surface area contributed by atoms with Crippen molar-refractivity contribution in [2.45, 2.75) is 327 Å². The van der Waals surface area contributed by atoms with Gasteiger partial charge in [0.25, 0.3) is 0 Å². The van der Waals surface area contributed by atoms with E-state index in [-0.39, 0.29) is 23.7 Å². The Labute approximate surface area is 643 Å². The summed E-state index contributed by atoms with van der Waals surface area (Å²) in [6, 6.07) is 0. The summed E-state index contributed by atoms with van der Waals surface area (Å²) in [6.07, 6.45) is -60.5. The lowest BCUT2D eigenvalue weighted by atomic mass is 9.33. The monoisotopic (exact) mass is 1620 g/mol. The molecular weight excluding hydrogens is 1500 g/mol. The summed E-state index contributed by atoms with van der Waals surface area (Å²) >= 11 is 0. The summed E-state index contributed by atoms with van der Waals surface area (Å²) in [5, 5.41) is 260. The van der Waals surface area contributed by atoms with E-state index in [1.165, 1.54) is 0 Å². The Balaban J connectivity index is 0.727. The highest BCUT2D eigenvalue weighted by molar-refractivity contribution is 5.79. The van der Waals surface area contributed by atoms with Crippen LogP contribution in [0.25, 0.3) is 0 Å². The van der Waals surface area contributed by atoms with Crippen molar-refractivity contribution in [2.24, 2.45) is 50.2 Å². The van der Waals surface area contributed by atoms with Crippen LogP contribution in [0.5, 0.6) is 0 Å². The molecule has 0 aromatic carbocycles. The van der Waals surface area contributed by atoms with E-state index < -0.39 is 312 Å². The molecule has 7 heterocycles. The summed E-state index contributed by atoms with van der Waals surface area (Å²) in [5.74, 6) is -3.14. The van der Waals surface area contributed by atoms with E-state index in [0.717, 1.165) is 5.57 Å². The molecule has 24 N–H and O–H groups in total.